The fourth-order valence-corrected chi connectivity index (χ4v) is 10.8. The molecule has 4 fully saturated rings. The second-order valence-electron chi connectivity index (χ2n) is 16.4. The first-order chi connectivity index (χ1) is 22.1. The van der Waals surface area contributed by atoms with Gasteiger partial charge in [0.1, 0.15) is 0 Å². The molecular formula is C37H73N7O2. The summed E-state index contributed by atoms with van der Waals surface area (Å²) in [6, 6.07) is 0.826. The van der Waals surface area contributed by atoms with Crippen LogP contribution in [0.15, 0.2) is 0 Å². The zero-order valence-electron chi connectivity index (χ0n) is 30.3. The molecule has 10 atom stereocenters. The second-order valence-corrected chi connectivity index (χ2v) is 16.4. The first-order valence-electron chi connectivity index (χ1n) is 19.3. The Morgan fingerprint density at radius 2 is 1.43 bits per heavy atom. The van der Waals surface area contributed by atoms with E-state index in [0.29, 0.717) is 48.1 Å². The van der Waals surface area contributed by atoms with E-state index in [4.69, 9.17) is 5.73 Å². The standard InChI is InChI=1S/C37H73N7O2/c1-26(2)44-35(46)11-6-27(3)31-9-10-32-30-8-7-28-24-29(12-13-36(28,4)33(30)25-34(45)37(31,32)5)43-23-22-42-21-20-41-19-18-40-17-16-39-15-14-38/h26-34,39-43,45H,6-25,38H2,1-5H3,(H,44,46)/t27-,28?,29+,30?,31?,32?,33?,34+,36+,37-/m1/s1. The summed E-state index contributed by atoms with van der Waals surface area (Å²) < 4.78 is 0. The highest BCUT2D eigenvalue weighted by molar-refractivity contribution is 5.76. The van der Waals surface area contributed by atoms with Gasteiger partial charge in [0.05, 0.1) is 6.10 Å². The third kappa shape index (κ3) is 9.45. The number of carbonyl (C=O) groups excluding carboxylic acids is 1. The summed E-state index contributed by atoms with van der Waals surface area (Å²) in [5.41, 5.74) is 5.85. The van der Waals surface area contributed by atoms with Crippen LogP contribution in [-0.2, 0) is 4.79 Å². The predicted octanol–water partition coefficient (Wildman–Crippen LogP) is 2.83. The number of nitrogens with two attached hydrogens (primary N) is 1. The van der Waals surface area contributed by atoms with Gasteiger partial charge in [0, 0.05) is 84.0 Å². The molecule has 0 radical (unpaired) electrons. The van der Waals surface area contributed by atoms with Gasteiger partial charge in [0.15, 0.2) is 0 Å². The van der Waals surface area contributed by atoms with Crippen LogP contribution in [0.2, 0.25) is 0 Å². The van der Waals surface area contributed by atoms with Crippen LogP contribution >= 0.6 is 0 Å². The van der Waals surface area contributed by atoms with Gasteiger partial charge in [-0.05, 0) is 118 Å². The number of fused-ring (bicyclic) bond motifs is 5. The van der Waals surface area contributed by atoms with E-state index in [1.807, 2.05) is 13.8 Å². The fourth-order valence-electron chi connectivity index (χ4n) is 10.8. The molecule has 4 aliphatic rings. The molecular weight excluding hydrogens is 574 g/mol. The van der Waals surface area contributed by atoms with Crippen LogP contribution in [0.3, 0.4) is 0 Å². The summed E-state index contributed by atoms with van der Waals surface area (Å²) in [6.07, 6.45) is 11.4. The predicted molar refractivity (Wildman–Crippen MR) is 191 cm³/mol. The Morgan fingerprint density at radius 1 is 0.804 bits per heavy atom. The van der Waals surface area contributed by atoms with Gasteiger partial charge in [-0.15, -0.1) is 0 Å². The van der Waals surface area contributed by atoms with Crippen LogP contribution in [0.5, 0.6) is 0 Å². The minimum absolute atomic E-state index is 0.00142. The Morgan fingerprint density at radius 3 is 2.07 bits per heavy atom. The van der Waals surface area contributed by atoms with Gasteiger partial charge >= 0.3 is 0 Å². The molecule has 5 unspecified atom stereocenters. The lowest BCUT2D eigenvalue weighted by Crippen LogP contribution is -2.59. The first-order valence-corrected chi connectivity index (χ1v) is 19.3. The van der Waals surface area contributed by atoms with E-state index < -0.39 is 0 Å². The lowest BCUT2D eigenvalue weighted by Gasteiger charge is -2.62. The second kappa shape index (κ2) is 18.3. The van der Waals surface area contributed by atoms with Crippen molar-refractivity contribution in [1.82, 2.24) is 31.9 Å². The van der Waals surface area contributed by atoms with Crippen molar-refractivity contribution in [3.8, 4) is 0 Å². The largest absolute Gasteiger partial charge is 0.393 e. The third-order valence-electron chi connectivity index (χ3n) is 13.3. The van der Waals surface area contributed by atoms with E-state index in [2.05, 4.69) is 52.7 Å². The molecule has 9 heteroatoms. The van der Waals surface area contributed by atoms with E-state index in [1.165, 1.54) is 44.9 Å². The van der Waals surface area contributed by atoms with Crippen molar-refractivity contribution in [2.75, 3.05) is 65.4 Å². The van der Waals surface area contributed by atoms with Crippen molar-refractivity contribution in [2.45, 2.75) is 117 Å². The first kappa shape index (κ1) is 38.0. The quantitative estimate of drug-likeness (QED) is 0.0946. The number of amides is 1. The number of nitrogens with one attached hydrogen (secondary N) is 6. The van der Waals surface area contributed by atoms with Gasteiger partial charge < -0.3 is 42.7 Å². The highest BCUT2D eigenvalue weighted by Gasteiger charge is 2.63. The Bertz CT molecular complexity index is 907. The normalized spacial score (nSPS) is 36.2. The van der Waals surface area contributed by atoms with E-state index >= 15 is 0 Å². The molecule has 4 aliphatic carbocycles. The molecule has 268 valence electrons. The lowest BCUT2D eigenvalue weighted by atomic mass is 9.43. The van der Waals surface area contributed by atoms with Crippen LogP contribution in [0.4, 0.5) is 0 Å². The molecule has 1 amide bonds. The molecule has 9 nitrogen and oxygen atoms in total. The Balaban J connectivity index is 1.15. The topological polar surface area (TPSA) is 136 Å². The van der Waals surface area contributed by atoms with Crippen molar-refractivity contribution in [3.63, 3.8) is 0 Å². The molecule has 0 spiro atoms. The van der Waals surface area contributed by atoms with Gasteiger partial charge in [-0.2, -0.15) is 0 Å². The van der Waals surface area contributed by atoms with Gasteiger partial charge in [-0.1, -0.05) is 20.8 Å². The highest BCUT2D eigenvalue weighted by atomic mass is 16.3. The summed E-state index contributed by atoms with van der Waals surface area (Å²) in [7, 11) is 0. The molecule has 4 rings (SSSR count). The Kier molecular flexibility index (Phi) is 15.1. The summed E-state index contributed by atoms with van der Waals surface area (Å²) in [4.78, 5) is 12.4. The van der Waals surface area contributed by atoms with Gasteiger partial charge in [0.25, 0.3) is 0 Å². The average Bonchev–Trinajstić information content (AvgIpc) is 3.39. The summed E-state index contributed by atoms with van der Waals surface area (Å²) in [5.74, 6) is 3.98. The summed E-state index contributed by atoms with van der Waals surface area (Å²) >= 11 is 0. The number of carbonyl (C=O) groups is 1. The van der Waals surface area contributed by atoms with Crippen molar-refractivity contribution < 1.29 is 9.90 Å². The highest BCUT2D eigenvalue weighted by Crippen LogP contribution is 2.68. The number of aliphatic hydroxyl groups is 1. The smallest absolute Gasteiger partial charge is 0.220 e. The molecule has 9 N–H and O–H groups in total. The Labute approximate surface area is 281 Å². The van der Waals surface area contributed by atoms with Crippen LogP contribution in [0.1, 0.15) is 98.8 Å². The van der Waals surface area contributed by atoms with Crippen LogP contribution in [0.25, 0.3) is 0 Å². The van der Waals surface area contributed by atoms with Crippen molar-refractivity contribution in [2.24, 2.45) is 52.1 Å². The summed E-state index contributed by atoms with van der Waals surface area (Å²) in [6.45, 7) is 21.0. The van der Waals surface area contributed by atoms with Crippen LogP contribution in [0, 0.1) is 46.3 Å². The number of hydrogen-bond donors (Lipinski definition) is 8. The van der Waals surface area contributed by atoms with Gasteiger partial charge in [0.2, 0.25) is 5.91 Å². The lowest BCUT2D eigenvalue weighted by molar-refractivity contribution is -0.169. The third-order valence-corrected chi connectivity index (χ3v) is 13.3. The fraction of sp³-hybridized carbons (Fsp3) is 0.973. The molecule has 46 heavy (non-hydrogen) atoms. The zero-order valence-corrected chi connectivity index (χ0v) is 30.3. The van der Waals surface area contributed by atoms with Crippen LogP contribution in [-0.4, -0.2) is 94.6 Å². The molecule has 0 aromatic carbocycles. The molecule has 0 bridgehead atoms. The molecule has 0 aromatic heterocycles. The molecule has 0 aliphatic heterocycles. The monoisotopic (exact) mass is 648 g/mol. The molecule has 4 saturated carbocycles. The Hall–Kier alpha value is -0.810. The average molecular weight is 648 g/mol. The SMILES string of the molecule is CC(C)NC(=O)CC[C@@H](C)C1CCC2C3CCC4C[C@@H](NCCNCCNCCNCCNCCN)CC[C@]4(C)C3C[C@H](O)[C@@]21C. The maximum atomic E-state index is 12.4. The van der Waals surface area contributed by atoms with E-state index in [1.54, 1.807) is 0 Å². The number of aliphatic hydroxyl groups excluding tert-OH is 1. The van der Waals surface area contributed by atoms with E-state index in [-0.39, 0.29) is 23.5 Å². The van der Waals surface area contributed by atoms with Crippen molar-refractivity contribution >= 4 is 5.91 Å². The molecule has 0 saturated heterocycles. The van der Waals surface area contributed by atoms with Crippen molar-refractivity contribution in [1.29, 1.82) is 0 Å². The number of hydrogen-bond acceptors (Lipinski definition) is 8. The number of rotatable bonds is 20. The van der Waals surface area contributed by atoms with E-state index in [9.17, 15) is 9.90 Å². The summed E-state index contributed by atoms with van der Waals surface area (Å²) in [5, 5.41) is 32.7. The molecule has 0 heterocycles. The van der Waals surface area contributed by atoms with Gasteiger partial charge in [-0.3, -0.25) is 4.79 Å². The molecule has 0 aromatic rings. The van der Waals surface area contributed by atoms with Crippen LogP contribution < -0.4 is 37.6 Å². The van der Waals surface area contributed by atoms with Gasteiger partial charge in [-0.25, -0.2) is 0 Å². The minimum Gasteiger partial charge on any atom is -0.393 e. The van der Waals surface area contributed by atoms with E-state index in [0.717, 1.165) is 83.6 Å². The zero-order chi connectivity index (χ0) is 33.2. The maximum Gasteiger partial charge on any atom is 0.220 e. The minimum atomic E-state index is -0.217. The maximum absolute atomic E-state index is 12.4. The van der Waals surface area contributed by atoms with Crippen molar-refractivity contribution in [3.05, 3.63) is 0 Å².